The van der Waals surface area contributed by atoms with Gasteiger partial charge in [0, 0.05) is 52.8 Å². The first kappa shape index (κ1) is 22.7. The van der Waals surface area contributed by atoms with E-state index < -0.39 is 0 Å². The topological polar surface area (TPSA) is 63.5 Å². The molecule has 3 rings (SSSR count). The Morgan fingerprint density at radius 1 is 1.29 bits per heavy atom. The average molecular weight is 497 g/mol. The summed E-state index contributed by atoms with van der Waals surface area (Å²) < 4.78 is 7.36. The number of benzene rings is 1. The lowest BCUT2D eigenvalue weighted by Gasteiger charge is -2.42. The van der Waals surface area contributed by atoms with E-state index in [1.807, 2.05) is 25.8 Å². The Kier molecular flexibility index (Phi) is 9.24. The Morgan fingerprint density at radius 2 is 2.11 bits per heavy atom. The lowest BCUT2D eigenvalue weighted by atomic mass is 9.67. The van der Waals surface area contributed by atoms with Crippen molar-refractivity contribution in [1.82, 2.24) is 20.2 Å². The maximum atomic E-state index is 5.28. The van der Waals surface area contributed by atoms with Crippen LogP contribution in [-0.4, -0.2) is 42.8 Å². The van der Waals surface area contributed by atoms with Gasteiger partial charge in [-0.15, -0.1) is 24.0 Å². The van der Waals surface area contributed by atoms with Gasteiger partial charge in [-0.25, -0.2) is 4.98 Å². The number of aliphatic imine (C=N–C) groups is 1. The van der Waals surface area contributed by atoms with Crippen molar-refractivity contribution in [2.45, 2.75) is 38.8 Å². The summed E-state index contributed by atoms with van der Waals surface area (Å²) >= 11 is 0. The summed E-state index contributed by atoms with van der Waals surface area (Å²) in [6.45, 7) is 3.37. The number of methoxy groups -OCH3 is 1. The number of hydrogen-bond acceptors (Lipinski definition) is 3. The van der Waals surface area contributed by atoms with Gasteiger partial charge < -0.3 is 19.9 Å². The van der Waals surface area contributed by atoms with Crippen molar-refractivity contribution in [2.75, 3.05) is 27.3 Å². The first-order valence-electron chi connectivity index (χ1n) is 9.70. The van der Waals surface area contributed by atoms with Gasteiger partial charge in [0.2, 0.25) is 0 Å². The van der Waals surface area contributed by atoms with Gasteiger partial charge in [0.25, 0.3) is 0 Å². The van der Waals surface area contributed by atoms with Crippen LogP contribution in [0.5, 0.6) is 0 Å². The molecular formula is C21H32IN5O. The van der Waals surface area contributed by atoms with Gasteiger partial charge in [0.05, 0.1) is 6.33 Å². The predicted octanol–water partition coefficient (Wildman–Crippen LogP) is 3.42. The third-order valence-corrected chi connectivity index (χ3v) is 5.48. The van der Waals surface area contributed by atoms with Crippen LogP contribution in [0.1, 0.15) is 36.8 Å². The molecule has 2 aromatic rings. The summed E-state index contributed by atoms with van der Waals surface area (Å²) in [5, 5.41) is 6.95. The minimum atomic E-state index is 0. The van der Waals surface area contributed by atoms with Gasteiger partial charge in [0.1, 0.15) is 0 Å². The molecule has 1 fully saturated rings. The number of nitrogens with one attached hydrogen (secondary N) is 2. The standard InChI is InChI=1S/C21H31N5O.HI/c1-22-20(25-16-21(7-4-8-21)9-12-27-2)24-14-18-5-3-6-19(13-18)15-26-11-10-23-17-26;/h3,5-6,10-11,13,17H,4,7-9,12,14-16H2,1-2H3,(H2,22,24,25);1H. The molecule has 1 heterocycles. The van der Waals surface area contributed by atoms with E-state index in [2.05, 4.69) is 49.4 Å². The van der Waals surface area contributed by atoms with Gasteiger partial charge in [-0.05, 0) is 35.8 Å². The van der Waals surface area contributed by atoms with Crippen molar-refractivity contribution in [3.63, 3.8) is 0 Å². The molecule has 0 atom stereocenters. The van der Waals surface area contributed by atoms with Crippen LogP contribution in [0.2, 0.25) is 0 Å². The highest BCUT2D eigenvalue weighted by molar-refractivity contribution is 14.0. The largest absolute Gasteiger partial charge is 0.385 e. The fourth-order valence-electron chi connectivity index (χ4n) is 3.62. The van der Waals surface area contributed by atoms with Gasteiger partial charge in [-0.2, -0.15) is 0 Å². The van der Waals surface area contributed by atoms with Crippen LogP contribution >= 0.6 is 24.0 Å². The van der Waals surface area contributed by atoms with Crippen LogP contribution in [0, 0.1) is 5.41 Å². The first-order valence-corrected chi connectivity index (χ1v) is 9.70. The van der Waals surface area contributed by atoms with E-state index >= 15 is 0 Å². The number of aromatic nitrogens is 2. The number of ether oxygens (including phenoxy) is 1. The second-order valence-corrected chi connectivity index (χ2v) is 7.43. The lowest BCUT2D eigenvalue weighted by molar-refractivity contribution is 0.0732. The molecule has 28 heavy (non-hydrogen) atoms. The molecule has 0 aliphatic heterocycles. The third kappa shape index (κ3) is 6.48. The number of hydrogen-bond donors (Lipinski definition) is 2. The Hall–Kier alpha value is -1.61. The van der Waals surface area contributed by atoms with Crippen molar-refractivity contribution < 1.29 is 4.74 Å². The fraction of sp³-hybridized carbons (Fsp3) is 0.524. The van der Waals surface area contributed by atoms with Crippen LogP contribution in [0.15, 0.2) is 48.0 Å². The molecule has 0 spiro atoms. The van der Waals surface area contributed by atoms with E-state index in [4.69, 9.17) is 4.74 Å². The molecule has 1 aromatic heterocycles. The maximum Gasteiger partial charge on any atom is 0.191 e. The van der Waals surface area contributed by atoms with E-state index in [0.29, 0.717) is 5.41 Å². The van der Waals surface area contributed by atoms with Crippen molar-refractivity contribution in [2.24, 2.45) is 10.4 Å². The van der Waals surface area contributed by atoms with E-state index in [9.17, 15) is 0 Å². The summed E-state index contributed by atoms with van der Waals surface area (Å²) in [6, 6.07) is 8.62. The van der Waals surface area contributed by atoms with E-state index in [-0.39, 0.29) is 24.0 Å². The molecule has 0 radical (unpaired) electrons. The highest BCUT2D eigenvalue weighted by Crippen LogP contribution is 2.43. The highest BCUT2D eigenvalue weighted by Gasteiger charge is 2.36. The van der Waals surface area contributed by atoms with Crippen LogP contribution in [0.4, 0.5) is 0 Å². The smallest absolute Gasteiger partial charge is 0.191 e. The lowest BCUT2D eigenvalue weighted by Crippen LogP contribution is -2.46. The molecule has 1 aliphatic rings. The monoisotopic (exact) mass is 497 g/mol. The zero-order chi connectivity index (χ0) is 19.0. The van der Waals surface area contributed by atoms with Crippen molar-refractivity contribution >= 4 is 29.9 Å². The maximum absolute atomic E-state index is 5.28. The quantitative estimate of drug-likeness (QED) is 0.317. The summed E-state index contributed by atoms with van der Waals surface area (Å²) in [4.78, 5) is 8.48. The van der Waals surface area contributed by atoms with Crippen LogP contribution in [-0.2, 0) is 17.8 Å². The number of guanidine groups is 1. The normalized spacial score (nSPS) is 15.4. The summed E-state index contributed by atoms with van der Waals surface area (Å²) in [6.07, 6.45) is 10.6. The van der Waals surface area contributed by atoms with E-state index in [1.165, 1.54) is 30.4 Å². The second-order valence-electron chi connectivity index (χ2n) is 7.43. The second kappa shape index (κ2) is 11.4. The SMILES string of the molecule is CN=C(NCc1cccc(Cn2ccnc2)c1)NCC1(CCOC)CCC1.I. The van der Waals surface area contributed by atoms with Gasteiger partial charge in [-0.3, -0.25) is 4.99 Å². The van der Waals surface area contributed by atoms with Crippen LogP contribution in [0.25, 0.3) is 0 Å². The molecule has 6 nitrogen and oxygen atoms in total. The van der Waals surface area contributed by atoms with E-state index in [1.54, 1.807) is 7.11 Å². The fourth-order valence-corrected chi connectivity index (χ4v) is 3.62. The molecule has 1 aromatic carbocycles. The molecule has 0 bridgehead atoms. The summed E-state index contributed by atoms with van der Waals surface area (Å²) in [5.41, 5.74) is 2.88. The van der Waals surface area contributed by atoms with Gasteiger partial charge in [0.15, 0.2) is 5.96 Å². The molecule has 7 heteroatoms. The first-order chi connectivity index (χ1) is 13.2. The number of imidazole rings is 1. The summed E-state index contributed by atoms with van der Waals surface area (Å²) in [5.74, 6) is 0.860. The zero-order valence-corrected chi connectivity index (χ0v) is 19.2. The zero-order valence-electron chi connectivity index (χ0n) is 16.9. The molecule has 1 saturated carbocycles. The highest BCUT2D eigenvalue weighted by atomic mass is 127. The Bertz CT molecular complexity index is 728. The van der Waals surface area contributed by atoms with Crippen molar-refractivity contribution in [1.29, 1.82) is 0 Å². The molecule has 0 amide bonds. The average Bonchev–Trinajstić information content (AvgIpc) is 3.16. The molecule has 0 unspecified atom stereocenters. The number of rotatable bonds is 9. The number of nitrogens with zero attached hydrogens (tertiary/aromatic N) is 3. The molecule has 0 saturated heterocycles. The molecular weight excluding hydrogens is 465 g/mol. The minimum absolute atomic E-state index is 0. The summed E-state index contributed by atoms with van der Waals surface area (Å²) in [7, 11) is 3.61. The molecule has 2 N–H and O–H groups in total. The van der Waals surface area contributed by atoms with Gasteiger partial charge in [-0.1, -0.05) is 30.7 Å². The molecule has 154 valence electrons. The Morgan fingerprint density at radius 3 is 2.75 bits per heavy atom. The predicted molar refractivity (Wildman–Crippen MR) is 124 cm³/mol. The van der Waals surface area contributed by atoms with Gasteiger partial charge >= 0.3 is 0 Å². The van der Waals surface area contributed by atoms with Crippen molar-refractivity contribution in [3.8, 4) is 0 Å². The van der Waals surface area contributed by atoms with E-state index in [0.717, 1.165) is 38.6 Å². The Balaban J connectivity index is 0.00000280. The minimum Gasteiger partial charge on any atom is -0.385 e. The van der Waals surface area contributed by atoms with Crippen molar-refractivity contribution in [3.05, 3.63) is 54.1 Å². The Labute approximate surface area is 185 Å². The molecule has 1 aliphatic carbocycles. The van der Waals surface area contributed by atoms with Crippen LogP contribution < -0.4 is 10.6 Å². The number of halogens is 1. The third-order valence-electron chi connectivity index (χ3n) is 5.48. The van der Waals surface area contributed by atoms with Crippen LogP contribution in [0.3, 0.4) is 0 Å².